The Bertz CT molecular complexity index is 935. The first kappa shape index (κ1) is 19.0. The summed E-state index contributed by atoms with van der Waals surface area (Å²) >= 11 is 12.1. The number of para-hydroxylation sites is 1. The third-order valence-corrected chi connectivity index (χ3v) is 4.37. The molecule has 3 aromatic rings. The highest BCUT2D eigenvalue weighted by atomic mass is 35.5. The van der Waals surface area contributed by atoms with Crippen LogP contribution in [0, 0.1) is 0 Å². The van der Waals surface area contributed by atoms with Crippen molar-refractivity contribution in [2.24, 2.45) is 0 Å². The summed E-state index contributed by atoms with van der Waals surface area (Å²) in [6.45, 7) is 0.486. The Labute approximate surface area is 168 Å². The Morgan fingerprint density at radius 2 is 1.63 bits per heavy atom. The second-order valence-electron chi connectivity index (χ2n) is 5.77. The predicted octanol–water partition coefficient (Wildman–Crippen LogP) is 6.22. The van der Waals surface area contributed by atoms with Crippen LogP contribution in [-0.4, -0.2) is 5.91 Å². The maximum Gasteiger partial charge on any atom is 0.248 e. The van der Waals surface area contributed by atoms with Crippen molar-refractivity contribution in [3.05, 3.63) is 100 Å². The number of amides is 1. The minimum atomic E-state index is -0.319. The van der Waals surface area contributed by atoms with Crippen molar-refractivity contribution < 1.29 is 9.53 Å². The molecule has 0 unspecified atom stereocenters. The van der Waals surface area contributed by atoms with Crippen molar-refractivity contribution in [1.82, 2.24) is 0 Å². The number of carbonyl (C=O) groups is 1. The molecule has 0 heterocycles. The Hall–Kier alpha value is -2.75. The lowest BCUT2D eigenvalue weighted by Crippen LogP contribution is -2.08. The fraction of sp³-hybridized carbons (Fsp3) is 0.0455. The predicted molar refractivity (Wildman–Crippen MR) is 111 cm³/mol. The third kappa shape index (κ3) is 5.61. The van der Waals surface area contributed by atoms with E-state index in [9.17, 15) is 4.79 Å². The average Bonchev–Trinajstić information content (AvgIpc) is 2.69. The van der Waals surface area contributed by atoms with Gasteiger partial charge < -0.3 is 10.1 Å². The molecular formula is C22H17Cl2NO2. The Kier molecular flexibility index (Phi) is 6.53. The van der Waals surface area contributed by atoms with Gasteiger partial charge in [-0.25, -0.2) is 0 Å². The number of nitrogens with one attached hydrogen (secondary N) is 1. The van der Waals surface area contributed by atoms with Crippen LogP contribution in [-0.2, 0) is 11.4 Å². The summed E-state index contributed by atoms with van der Waals surface area (Å²) < 4.78 is 5.80. The standard InChI is InChI=1S/C22H17Cl2NO2/c23-19-10-5-11-20(24)22(19)25-21(26)13-12-16-8-4-9-18(14-16)27-15-17-6-2-1-3-7-17/h1-14H,15H2,(H,25,26)/b13-12+. The highest BCUT2D eigenvalue weighted by molar-refractivity contribution is 6.39. The van der Waals surface area contributed by atoms with Gasteiger partial charge in [0.1, 0.15) is 12.4 Å². The summed E-state index contributed by atoms with van der Waals surface area (Å²) in [4.78, 5) is 12.1. The zero-order valence-electron chi connectivity index (χ0n) is 14.4. The molecule has 0 saturated heterocycles. The van der Waals surface area contributed by atoms with Crippen LogP contribution < -0.4 is 10.1 Å². The number of hydrogen-bond donors (Lipinski definition) is 1. The van der Waals surface area contributed by atoms with E-state index < -0.39 is 0 Å². The van der Waals surface area contributed by atoms with E-state index in [1.165, 1.54) is 6.08 Å². The van der Waals surface area contributed by atoms with Crippen molar-refractivity contribution in [2.45, 2.75) is 6.61 Å². The summed E-state index contributed by atoms with van der Waals surface area (Å²) in [5.74, 6) is 0.413. The van der Waals surface area contributed by atoms with E-state index >= 15 is 0 Å². The zero-order chi connectivity index (χ0) is 19.1. The molecule has 0 saturated carbocycles. The van der Waals surface area contributed by atoms with Crippen molar-refractivity contribution in [3.63, 3.8) is 0 Å². The summed E-state index contributed by atoms with van der Waals surface area (Å²) in [6.07, 6.45) is 3.13. The quantitative estimate of drug-likeness (QED) is 0.501. The highest BCUT2D eigenvalue weighted by Crippen LogP contribution is 2.29. The third-order valence-electron chi connectivity index (χ3n) is 3.74. The molecule has 1 amide bonds. The fourth-order valence-electron chi connectivity index (χ4n) is 2.40. The van der Waals surface area contributed by atoms with Crippen LogP contribution in [0.25, 0.3) is 6.08 Å². The molecule has 3 aromatic carbocycles. The molecule has 0 aromatic heterocycles. The zero-order valence-corrected chi connectivity index (χ0v) is 15.9. The minimum Gasteiger partial charge on any atom is -0.489 e. The van der Waals surface area contributed by atoms with Crippen molar-refractivity contribution in [2.75, 3.05) is 5.32 Å². The smallest absolute Gasteiger partial charge is 0.248 e. The summed E-state index contributed by atoms with van der Waals surface area (Å²) in [5, 5.41) is 3.47. The van der Waals surface area contributed by atoms with Crippen LogP contribution in [0.15, 0.2) is 78.9 Å². The van der Waals surface area contributed by atoms with Crippen molar-refractivity contribution >= 4 is 40.9 Å². The fourth-order valence-corrected chi connectivity index (χ4v) is 2.89. The van der Waals surface area contributed by atoms with Crippen LogP contribution in [0.3, 0.4) is 0 Å². The molecule has 3 nitrogen and oxygen atoms in total. The Morgan fingerprint density at radius 3 is 2.37 bits per heavy atom. The number of ether oxygens (including phenoxy) is 1. The number of carbonyl (C=O) groups excluding carboxylic acids is 1. The minimum absolute atomic E-state index is 0.319. The molecule has 0 atom stereocenters. The van der Waals surface area contributed by atoms with Gasteiger partial charge in [0.05, 0.1) is 15.7 Å². The second kappa shape index (κ2) is 9.26. The van der Waals surface area contributed by atoms with Gasteiger partial charge in [-0.2, -0.15) is 0 Å². The van der Waals surface area contributed by atoms with Crippen LogP contribution in [0.4, 0.5) is 5.69 Å². The molecule has 3 rings (SSSR count). The summed E-state index contributed by atoms with van der Waals surface area (Å²) in [5.41, 5.74) is 2.34. The van der Waals surface area contributed by atoms with E-state index in [-0.39, 0.29) is 5.91 Å². The number of benzene rings is 3. The first-order chi connectivity index (χ1) is 13.1. The molecule has 0 bridgehead atoms. The molecule has 0 spiro atoms. The average molecular weight is 398 g/mol. The first-order valence-corrected chi connectivity index (χ1v) is 9.07. The lowest BCUT2D eigenvalue weighted by atomic mass is 10.2. The van der Waals surface area contributed by atoms with E-state index in [1.54, 1.807) is 24.3 Å². The van der Waals surface area contributed by atoms with Crippen LogP contribution >= 0.6 is 23.2 Å². The maximum absolute atomic E-state index is 12.1. The molecule has 1 N–H and O–H groups in total. The maximum atomic E-state index is 12.1. The lowest BCUT2D eigenvalue weighted by molar-refractivity contribution is -0.111. The van der Waals surface area contributed by atoms with Gasteiger partial charge in [-0.3, -0.25) is 4.79 Å². The molecule has 5 heteroatoms. The molecule has 0 aliphatic heterocycles. The number of hydrogen-bond acceptors (Lipinski definition) is 2. The van der Waals surface area contributed by atoms with E-state index in [4.69, 9.17) is 27.9 Å². The molecule has 27 heavy (non-hydrogen) atoms. The summed E-state index contributed by atoms with van der Waals surface area (Å²) in [7, 11) is 0. The highest BCUT2D eigenvalue weighted by Gasteiger charge is 2.07. The van der Waals surface area contributed by atoms with Gasteiger partial charge in [0.2, 0.25) is 5.91 Å². The molecule has 0 radical (unpaired) electrons. The van der Waals surface area contributed by atoms with E-state index in [0.29, 0.717) is 22.3 Å². The van der Waals surface area contributed by atoms with Crippen LogP contribution in [0.5, 0.6) is 5.75 Å². The largest absolute Gasteiger partial charge is 0.489 e. The van der Waals surface area contributed by atoms with Gasteiger partial charge in [-0.05, 0) is 41.5 Å². The topological polar surface area (TPSA) is 38.3 Å². The van der Waals surface area contributed by atoms with E-state index in [0.717, 1.165) is 16.9 Å². The number of rotatable bonds is 6. The first-order valence-electron chi connectivity index (χ1n) is 8.32. The van der Waals surface area contributed by atoms with Gasteiger partial charge in [0.25, 0.3) is 0 Å². The SMILES string of the molecule is O=C(/C=C/c1cccc(OCc2ccccc2)c1)Nc1c(Cl)cccc1Cl. The van der Waals surface area contributed by atoms with Crippen LogP contribution in [0.1, 0.15) is 11.1 Å². The van der Waals surface area contributed by atoms with Crippen molar-refractivity contribution in [1.29, 1.82) is 0 Å². The second-order valence-corrected chi connectivity index (χ2v) is 6.58. The Balaban J connectivity index is 1.62. The van der Waals surface area contributed by atoms with E-state index in [2.05, 4.69) is 5.32 Å². The molecule has 0 fully saturated rings. The van der Waals surface area contributed by atoms with Gasteiger partial charge in [0.15, 0.2) is 0 Å². The van der Waals surface area contributed by atoms with Gasteiger partial charge in [0, 0.05) is 6.08 Å². The monoisotopic (exact) mass is 397 g/mol. The molecule has 0 aliphatic rings. The Morgan fingerprint density at radius 1 is 0.926 bits per heavy atom. The molecular weight excluding hydrogens is 381 g/mol. The number of halogens is 2. The molecule has 136 valence electrons. The van der Waals surface area contributed by atoms with Gasteiger partial charge in [-0.1, -0.05) is 71.7 Å². The normalized spacial score (nSPS) is 10.7. The van der Waals surface area contributed by atoms with Crippen LogP contribution in [0.2, 0.25) is 10.0 Å². The van der Waals surface area contributed by atoms with E-state index in [1.807, 2.05) is 54.6 Å². The lowest BCUT2D eigenvalue weighted by Gasteiger charge is -2.07. The van der Waals surface area contributed by atoms with Crippen molar-refractivity contribution in [3.8, 4) is 5.75 Å². The molecule has 0 aliphatic carbocycles. The number of anilines is 1. The van der Waals surface area contributed by atoms with Gasteiger partial charge in [-0.15, -0.1) is 0 Å². The summed E-state index contributed by atoms with van der Waals surface area (Å²) in [6, 6.07) is 22.5. The van der Waals surface area contributed by atoms with Gasteiger partial charge >= 0.3 is 0 Å².